The summed E-state index contributed by atoms with van der Waals surface area (Å²) in [5.74, 6) is -0.729. The number of benzene rings is 3. The summed E-state index contributed by atoms with van der Waals surface area (Å²) < 4.78 is 37.8. The van der Waals surface area contributed by atoms with Gasteiger partial charge in [0.1, 0.15) is 23.1 Å². The second kappa shape index (κ2) is 9.19. The number of carbonyl (C=O) groups is 1. The summed E-state index contributed by atoms with van der Waals surface area (Å²) in [5.41, 5.74) is 1.54. The SMILES string of the molecule is COc1ccc(CN(Cc2ccc(OC)cc2)C(=O)c2ccc(F)cc2F)cc1. The first-order valence-corrected chi connectivity index (χ1v) is 9.00. The van der Waals surface area contributed by atoms with E-state index in [0.29, 0.717) is 17.6 Å². The maximum atomic E-state index is 14.2. The fourth-order valence-corrected chi connectivity index (χ4v) is 2.94. The van der Waals surface area contributed by atoms with Crippen LogP contribution in [0.5, 0.6) is 11.5 Å². The van der Waals surface area contributed by atoms with Crippen molar-refractivity contribution in [3.63, 3.8) is 0 Å². The van der Waals surface area contributed by atoms with Crippen LogP contribution in [-0.4, -0.2) is 25.0 Å². The van der Waals surface area contributed by atoms with Crippen LogP contribution in [0.4, 0.5) is 8.78 Å². The molecule has 0 radical (unpaired) electrons. The Morgan fingerprint density at radius 3 is 1.69 bits per heavy atom. The van der Waals surface area contributed by atoms with Crippen molar-refractivity contribution in [1.29, 1.82) is 0 Å². The summed E-state index contributed by atoms with van der Waals surface area (Å²) in [6.45, 7) is 0.511. The molecule has 0 N–H and O–H groups in total. The number of carbonyl (C=O) groups excluding carboxylic acids is 1. The number of halogens is 2. The molecular weight excluding hydrogens is 376 g/mol. The number of nitrogens with zero attached hydrogens (tertiary/aromatic N) is 1. The fraction of sp³-hybridized carbons (Fsp3) is 0.174. The molecular formula is C23H21F2NO3. The van der Waals surface area contributed by atoms with Gasteiger partial charge < -0.3 is 14.4 Å². The van der Waals surface area contributed by atoms with E-state index in [9.17, 15) is 13.6 Å². The molecule has 6 heteroatoms. The van der Waals surface area contributed by atoms with Crippen LogP contribution < -0.4 is 9.47 Å². The van der Waals surface area contributed by atoms with E-state index in [4.69, 9.17) is 9.47 Å². The molecule has 0 aliphatic heterocycles. The molecule has 4 nitrogen and oxygen atoms in total. The van der Waals surface area contributed by atoms with Gasteiger partial charge in [-0.3, -0.25) is 4.79 Å². The van der Waals surface area contributed by atoms with Crippen LogP contribution in [-0.2, 0) is 13.1 Å². The molecule has 0 bridgehead atoms. The summed E-state index contributed by atoms with van der Waals surface area (Å²) in [7, 11) is 3.15. The van der Waals surface area contributed by atoms with Crippen LogP contribution >= 0.6 is 0 Å². The maximum Gasteiger partial charge on any atom is 0.257 e. The second-order valence-corrected chi connectivity index (χ2v) is 6.48. The van der Waals surface area contributed by atoms with Gasteiger partial charge in [-0.2, -0.15) is 0 Å². The Bertz CT molecular complexity index is 923. The number of ether oxygens (including phenoxy) is 2. The Kier molecular flexibility index (Phi) is 6.44. The third-order valence-electron chi connectivity index (χ3n) is 4.51. The molecule has 0 atom stereocenters. The molecule has 0 unspecified atom stereocenters. The van der Waals surface area contributed by atoms with Crippen molar-refractivity contribution >= 4 is 5.91 Å². The minimum atomic E-state index is -0.885. The van der Waals surface area contributed by atoms with Crippen LogP contribution in [0.25, 0.3) is 0 Å². The van der Waals surface area contributed by atoms with Crippen molar-refractivity contribution in [1.82, 2.24) is 4.90 Å². The van der Waals surface area contributed by atoms with E-state index in [1.165, 1.54) is 11.0 Å². The average molecular weight is 397 g/mol. The lowest BCUT2D eigenvalue weighted by atomic mass is 10.1. The molecule has 3 aromatic carbocycles. The van der Waals surface area contributed by atoms with Crippen LogP contribution in [0, 0.1) is 11.6 Å². The minimum absolute atomic E-state index is 0.173. The summed E-state index contributed by atoms with van der Waals surface area (Å²) >= 11 is 0. The molecule has 1 amide bonds. The standard InChI is InChI=1S/C23H21F2NO3/c1-28-19-8-3-16(4-9-19)14-26(15-17-5-10-20(29-2)11-6-17)23(27)21-12-7-18(24)13-22(21)25/h3-13H,14-15H2,1-2H3. The highest BCUT2D eigenvalue weighted by molar-refractivity contribution is 5.94. The van der Waals surface area contributed by atoms with E-state index in [1.807, 2.05) is 24.3 Å². The van der Waals surface area contributed by atoms with Gasteiger partial charge in [0.05, 0.1) is 19.8 Å². The van der Waals surface area contributed by atoms with Gasteiger partial charge in [0, 0.05) is 19.2 Å². The number of hydrogen-bond donors (Lipinski definition) is 0. The normalized spacial score (nSPS) is 10.5. The van der Waals surface area contributed by atoms with Crippen molar-refractivity contribution in [2.45, 2.75) is 13.1 Å². The fourth-order valence-electron chi connectivity index (χ4n) is 2.94. The van der Waals surface area contributed by atoms with Gasteiger partial charge in [-0.05, 0) is 47.5 Å². The number of amides is 1. The molecule has 0 saturated carbocycles. The van der Waals surface area contributed by atoms with Gasteiger partial charge in [0.25, 0.3) is 5.91 Å². The zero-order valence-corrected chi connectivity index (χ0v) is 16.2. The van der Waals surface area contributed by atoms with Crippen LogP contribution in [0.3, 0.4) is 0 Å². The van der Waals surface area contributed by atoms with Gasteiger partial charge in [0.15, 0.2) is 0 Å². The predicted octanol–water partition coefficient (Wildman–Crippen LogP) is 4.82. The van der Waals surface area contributed by atoms with Crippen LogP contribution in [0.15, 0.2) is 66.7 Å². The average Bonchev–Trinajstić information content (AvgIpc) is 2.74. The van der Waals surface area contributed by atoms with E-state index >= 15 is 0 Å². The minimum Gasteiger partial charge on any atom is -0.497 e. The summed E-state index contributed by atoms with van der Waals surface area (Å²) in [6, 6.07) is 17.5. The van der Waals surface area contributed by atoms with Crippen LogP contribution in [0.1, 0.15) is 21.5 Å². The lowest BCUT2D eigenvalue weighted by Crippen LogP contribution is -2.30. The topological polar surface area (TPSA) is 38.8 Å². The monoisotopic (exact) mass is 397 g/mol. The third-order valence-corrected chi connectivity index (χ3v) is 4.51. The number of methoxy groups -OCH3 is 2. The molecule has 0 aromatic heterocycles. The Morgan fingerprint density at radius 1 is 0.793 bits per heavy atom. The van der Waals surface area contributed by atoms with Gasteiger partial charge in [-0.25, -0.2) is 8.78 Å². The van der Waals surface area contributed by atoms with Crippen molar-refractivity contribution in [3.05, 3.63) is 95.1 Å². The summed E-state index contributed by atoms with van der Waals surface area (Å²) in [6.07, 6.45) is 0. The smallest absolute Gasteiger partial charge is 0.257 e. The second-order valence-electron chi connectivity index (χ2n) is 6.48. The van der Waals surface area contributed by atoms with E-state index in [0.717, 1.165) is 17.2 Å². The van der Waals surface area contributed by atoms with Gasteiger partial charge in [-0.1, -0.05) is 24.3 Å². The van der Waals surface area contributed by atoms with E-state index in [-0.39, 0.29) is 18.7 Å². The predicted molar refractivity (Wildman–Crippen MR) is 106 cm³/mol. The molecule has 0 saturated heterocycles. The Labute approximate surface area is 168 Å². The van der Waals surface area contributed by atoms with Crippen molar-refractivity contribution < 1.29 is 23.0 Å². The van der Waals surface area contributed by atoms with E-state index in [1.54, 1.807) is 38.5 Å². The Balaban J connectivity index is 1.89. The summed E-state index contributed by atoms with van der Waals surface area (Å²) in [5, 5.41) is 0. The molecule has 29 heavy (non-hydrogen) atoms. The number of hydrogen-bond acceptors (Lipinski definition) is 3. The lowest BCUT2D eigenvalue weighted by Gasteiger charge is -2.24. The quantitative estimate of drug-likeness (QED) is 0.574. The lowest BCUT2D eigenvalue weighted by molar-refractivity contribution is 0.0725. The number of rotatable bonds is 7. The Morgan fingerprint density at radius 2 is 1.28 bits per heavy atom. The summed E-state index contributed by atoms with van der Waals surface area (Å²) in [4.78, 5) is 14.6. The van der Waals surface area contributed by atoms with Gasteiger partial charge in [-0.15, -0.1) is 0 Å². The van der Waals surface area contributed by atoms with Crippen molar-refractivity contribution in [2.75, 3.05) is 14.2 Å². The molecule has 150 valence electrons. The zero-order valence-electron chi connectivity index (χ0n) is 16.2. The van der Waals surface area contributed by atoms with Gasteiger partial charge >= 0.3 is 0 Å². The first-order valence-electron chi connectivity index (χ1n) is 9.00. The highest BCUT2D eigenvalue weighted by Gasteiger charge is 2.20. The van der Waals surface area contributed by atoms with Crippen LogP contribution in [0.2, 0.25) is 0 Å². The Hall–Kier alpha value is -3.41. The molecule has 0 heterocycles. The third kappa shape index (κ3) is 5.10. The molecule has 3 aromatic rings. The molecule has 0 aliphatic rings. The van der Waals surface area contributed by atoms with Crippen molar-refractivity contribution in [3.8, 4) is 11.5 Å². The molecule has 0 aliphatic carbocycles. The highest BCUT2D eigenvalue weighted by Crippen LogP contribution is 2.20. The molecule has 0 fully saturated rings. The maximum absolute atomic E-state index is 14.2. The zero-order chi connectivity index (χ0) is 20.8. The first-order chi connectivity index (χ1) is 14.0. The van der Waals surface area contributed by atoms with Gasteiger partial charge in [0.2, 0.25) is 0 Å². The first kappa shape index (κ1) is 20.3. The highest BCUT2D eigenvalue weighted by atomic mass is 19.1. The van der Waals surface area contributed by atoms with E-state index in [2.05, 4.69) is 0 Å². The largest absolute Gasteiger partial charge is 0.497 e. The molecule has 3 rings (SSSR count). The molecule has 0 spiro atoms. The van der Waals surface area contributed by atoms with Crippen molar-refractivity contribution in [2.24, 2.45) is 0 Å². The van der Waals surface area contributed by atoms with E-state index < -0.39 is 17.5 Å².